The zero-order valence-electron chi connectivity index (χ0n) is 17.4. The molecule has 2 heterocycles. The average molecular weight is 419 g/mol. The van der Waals surface area contributed by atoms with Crippen molar-refractivity contribution in [3.63, 3.8) is 0 Å². The molecule has 0 saturated carbocycles. The summed E-state index contributed by atoms with van der Waals surface area (Å²) in [6.45, 7) is 10.4. The number of carbonyl (C=O) groups excluding carboxylic acids is 2. The van der Waals surface area contributed by atoms with Gasteiger partial charge in [-0.15, -0.1) is 0 Å². The van der Waals surface area contributed by atoms with Gasteiger partial charge in [-0.25, -0.2) is 9.79 Å². The number of aliphatic imine (C=N–C) groups is 1. The number of esters is 1. The van der Waals surface area contributed by atoms with E-state index >= 15 is 0 Å². The number of benzene rings is 1. The second-order valence-electron chi connectivity index (χ2n) is 6.56. The van der Waals surface area contributed by atoms with Crippen LogP contribution in [0.2, 0.25) is 0 Å². The maximum atomic E-state index is 12.9. The van der Waals surface area contributed by atoms with Gasteiger partial charge in [0.05, 0.1) is 42.4 Å². The van der Waals surface area contributed by atoms with E-state index in [4.69, 9.17) is 14.2 Å². The SMILES string of the molecule is CCOC(=O)C1=C(C)N=C2S[C@@H](C)C(=O)N2[C@@H]1c1ccc(OCC)c(OCC)c1. The van der Waals surface area contributed by atoms with Gasteiger partial charge in [-0.1, -0.05) is 17.8 Å². The lowest BCUT2D eigenvalue weighted by Crippen LogP contribution is -2.40. The second kappa shape index (κ2) is 8.90. The Balaban J connectivity index is 2.14. The molecule has 29 heavy (non-hydrogen) atoms. The summed E-state index contributed by atoms with van der Waals surface area (Å²) in [6, 6.07) is 4.87. The van der Waals surface area contributed by atoms with E-state index in [1.807, 2.05) is 39.0 Å². The van der Waals surface area contributed by atoms with Crippen LogP contribution in [-0.2, 0) is 14.3 Å². The fraction of sp³-hybridized carbons (Fsp3) is 0.476. The van der Waals surface area contributed by atoms with Gasteiger partial charge in [-0.05, 0) is 52.3 Å². The predicted octanol–water partition coefficient (Wildman–Crippen LogP) is 3.70. The highest BCUT2D eigenvalue weighted by molar-refractivity contribution is 8.15. The fourth-order valence-corrected chi connectivity index (χ4v) is 4.45. The number of hydrogen-bond acceptors (Lipinski definition) is 7. The van der Waals surface area contributed by atoms with Gasteiger partial charge >= 0.3 is 5.97 Å². The van der Waals surface area contributed by atoms with E-state index in [1.165, 1.54) is 11.8 Å². The summed E-state index contributed by atoms with van der Waals surface area (Å²) in [4.78, 5) is 31.8. The molecule has 0 spiro atoms. The minimum atomic E-state index is -0.624. The van der Waals surface area contributed by atoms with Crippen LogP contribution >= 0.6 is 11.8 Å². The van der Waals surface area contributed by atoms with E-state index in [9.17, 15) is 9.59 Å². The zero-order chi connectivity index (χ0) is 21.1. The summed E-state index contributed by atoms with van der Waals surface area (Å²) in [5, 5.41) is 0.338. The lowest BCUT2D eigenvalue weighted by molar-refractivity contribution is -0.139. The smallest absolute Gasteiger partial charge is 0.338 e. The summed E-state index contributed by atoms with van der Waals surface area (Å²) < 4.78 is 16.7. The van der Waals surface area contributed by atoms with Gasteiger partial charge in [0, 0.05) is 0 Å². The summed E-state index contributed by atoms with van der Waals surface area (Å²) in [7, 11) is 0. The first-order valence-electron chi connectivity index (χ1n) is 9.78. The molecule has 8 heteroatoms. The molecule has 7 nitrogen and oxygen atoms in total. The summed E-state index contributed by atoms with van der Waals surface area (Å²) >= 11 is 1.40. The maximum absolute atomic E-state index is 12.9. The normalized spacial score (nSPS) is 21.1. The van der Waals surface area contributed by atoms with E-state index in [0.29, 0.717) is 41.2 Å². The third-order valence-corrected chi connectivity index (χ3v) is 5.69. The third-order valence-electron chi connectivity index (χ3n) is 4.64. The van der Waals surface area contributed by atoms with E-state index < -0.39 is 12.0 Å². The number of carbonyl (C=O) groups is 2. The average Bonchev–Trinajstić information content (AvgIpc) is 2.96. The molecule has 1 saturated heterocycles. The van der Waals surface area contributed by atoms with Gasteiger partial charge in [0.25, 0.3) is 0 Å². The number of fused-ring (bicyclic) bond motifs is 1. The Morgan fingerprint density at radius 1 is 1.14 bits per heavy atom. The fourth-order valence-electron chi connectivity index (χ4n) is 3.43. The van der Waals surface area contributed by atoms with Crippen molar-refractivity contribution in [3.05, 3.63) is 35.0 Å². The summed E-state index contributed by atoms with van der Waals surface area (Å²) in [6.07, 6.45) is 0. The molecule has 0 radical (unpaired) electrons. The zero-order valence-corrected chi connectivity index (χ0v) is 18.2. The van der Waals surface area contributed by atoms with Crippen molar-refractivity contribution in [2.24, 2.45) is 4.99 Å². The van der Waals surface area contributed by atoms with E-state index in [2.05, 4.69) is 4.99 Å². The number of thioether (sulfide) groups is 1. The van der Waals surface area contributed by atoms with Crippen molar-refractivity contribution in [1.82, 2.24) is 4.90 Å². The first-order chi connectivity index (χ1) is 13.9. The highest BCUT2D eigenvalue weighted by Crippen LogP contribution is 2.44. The molecule has 0 N–H and O–H groups in total. The Morgan fingerprint density at radius 3 is 2.48 bits per heavy atom. The number of rotatable bonds is 7. The lowest BCUT2D eigenvalue weighted by Gasteiger charge is -2.33. The molecule has 2 aliphatic heterocycles. The van der Waals surface area contributed by atoms with Gasteiger partial charge in [-0.3, -0.25) is 9.69 Å². The number of hydrogen-bond donors (Lipinski definition) is 0. The van der Waals surface area contributed by atoms with E-state index in [-0.39, 0.29) is 17.8 Å². The first kappa shape index (κ1) is 21.2. The standard InChI is InChI=1S/C21H26N2O5S/c1-6-26-15-10-9-14(11-16(15)27-7-2)18-17(20(25)28-8-3)12(4)22-21-23(18)19(24)13(5)29-21/h9-11,13,18H,6-8H2,1-5H3/t13-,18+/m0/s1. The molecule has 0 aromatic heterocycles. The molecule has 3 rings (SSSR count). The van der Waals surface area contributed by atoms with Gasteiger partial charge in [-0.2, -0.15) is 0 Å². The number of allylic oxidation sites excluding steroid dienone is 1. The molecule has 0 aliphatic carbocycles. The number of ether oxygens (including phenoxy) is 3. The predicted molar refractivity (Wildman–Crippen MR) is 112 cm³/mol. The van der Waals surface area contributed by atoms with Crippen LogP contribution in [0.5, 0.6) is 11.5 Å². The Morgan fingerprint density at radius 2 is 1.83 bits per heavy atom. The highest BCUT2D eigenvalue weighted by Gasteiger charge is 2.46. The van der Waals surface area contributed by atoms with Crippen molar-refractivity contribution in [3.8, 4) is 11.5 Å². The van der Waals surface area contributed by atoms with Crippen molar-refractivity contribution in [2.45, 2.75) is 45.9 Å². The van der Waals surface area contributed by atoms with Gasteiger partial charge in [0.2, 0.25) is 5.91 Å². The van der Waals surface area contributed by atoms with Crippen LogP contribution in [0.4, 0.5) is 0 Å². The van der Waals surface area contributed by atoms with Crippen LogP contribution in [0.1, 0.15) is 46.2 Å². The van der Waals surface area contributed by atoms with Crippen LogP contribution < -0.4 is 9.47 Å². The first-order valence-corrected chi connectivity index (χ1v) is 10.7. The number of amidine groups is 1. The molecule has 1 aromatic carbocycles. The van der Waals surface area contributed by atoms with Crippen LogP contribution in [0.25, 0.3) is 0 Å². The lowest BCUT2D eigenvalue weighted by atomic mass is 9.94. The summed E-state index contributed by atoms with van der Waals surface area (Å²) in [5.41, 5.74) is 1.67. The van der Waals surface area contributed by atoms with Crippen molar-refractivity contribution in [1.29, 1.82) is 0 Å². The Kier molecular flexibility index (Phi) is 6.52. The molecule has 1 aromatic rings. The maximum Gasteiger partial charge on any atom is 0.338 e. The molecule has 0 unspecified atom stereocenters. The molecule has 1 amide bonds. The topological polar surface area (TPSA) is 77.4 Å². The molecule has 1 fully saturated rings. The second-order valence-corrected chi connectivity index (χ2v) is 7.86. The molecule has 0 bridgehead atoms. The Hall–Kier alpha value is -2.48. The third kappa shape index (κ3) is 3.99. The molecule has 2 atom stereocenters. The quantitative estimate of drug-likeness (QED) is 0.629. The molecule has 2 aliphatic rings. The largest absolute Gasteiger partial charge is 0.490 e. The van der Waals surface area contributed by atoms with Crippen LogP contribution in [0.3, 0.4) is 0 Å². The molecular weight excluding hydrogens is 392 g/mol. The Bertz CT molecular complexity index is 880. The monoisotopic (exact) mass is 418 g/mol. The minimum absolute atomic E-state index is 0.0834. The van der Waals surface area contributed by atoms with Crippen molar-refractivity contribution < 1.29 is 23.8 Å². The number of amides is 1. The van der Waals surface area contributed by atoms with Gasteiger partial charge in [0.1, 0.15) is 0 Å². The van der Waals surface area contributed by atoms with Gasteiger partial charge in [0.15, 0.2) is 16.7 Å². The number of nitrogens with zero attached hydrogens (tertiary/aromatic N) is 2. The van der Waals surface area contributed by atoms with E-state index in [1.54, 1.807) is 18.7 Å². The minimum Gasteiger partial charge on any atom is -0.490 e. The van der Waals surface area contributed by atoms with Crippen LogP contribution in [-0.4, -0.2) is 47.0 Å². The van der Waals surface area contributed by atoms with Crippen molar-refractivity contribution in [2.75, 3.05) is 19.8 Å². The summed E-state index contributed by atoms with van der Waals surface area (Å²) in [5.74, 6) is 0.641. The van der Waals surface area contributed by atoms with E-state index in [0.717, 1.165) is 5.56 Å². The highest BCUT2D eigenvalue weighted by atomic mass is 32.2. The van der Waals surface area contributed by atoms with Crippen LogP contribution in [0.15, 0.2) is 34.5 Å². The molecular formula is C21H26N2O5S. The van der Waals surface area contributed by atoms with Crippen LogP contribution in [0, 0.1) is 0 Å². The molecule has 156 valence electrons. The van der Waals surface area contributed by atoms with Gasteiger partial charge < -0.3 is 14.2 Å². The van der Waals surface area contributed by atoms with Crippen molar-refractivity contribution >= 4 is 28.8 Å². The Labute approximate surface area is 175 Å².